The van der Waals surface area contributed by atoms with E-state index in [9.17, 15) is 21.6 Å². The maximum Gasteiger partial charge on any atom is 0.324 e. The number of sulfonamides is 2. The molecular formula is C18H22N2O8S2. The van der Waals surface area contributed by atoms with E-state index >= 15 is 0 Å². The Balaban J connectivity index is 1.81. The van der Waals surface area contributed by atoms with Crippen molar-refractivity contribution in [1.82, 2.24) is 4.72 Å². The first-order chi connectivity index (χ1) is 14.0. The zero-order valence-corrected chi connectivity index (χ0v) is 17.9. The van der Waals surface area contributed by atoms with Crippen LogP contribution in [0.15, 0.2) is 58.3 Å². The third-order valence-corrected chi connectivity index (χ3v) is 6.29. The molecule has 164 valence electrons. The summed E-state index contributed by atoms with van der Waals surface area (Å²) in [6.07, 6.45) is 0. The number of methoxy groups -OCH3 is 1. The van der Waals surface area contributed by atoms with E-state index < -0.39 is 32.1 Å². The van der Waals surface area contributed by atoms with Gasteiger partial charge in [-0.15, -0.1) is 0 Å². The van der Waals surface area contributed by atoms with Crippen LogP contribution in [0, 0.1) is 0 Å². The Labute approximate surface area is 175 Å². The molecule has 0 saturated carbocycles. The number of ether oxygens (including phenoxy) is 3. The molecule has 0 spiro atoms. The van der Waals surface area contributed by atoms with Gasteiger partial charge < -0.3 is 14.2 Å². The van der Waals surface area contributed by atoms with Crippen LogP contribution in [0.5, 0.6) is 11.5 Å². The van der Waals surface area contributed by atoms with Gasteiger partial charge >= 0.3 is 5.97 Å². The lowest BCUT2D eigenvalue weighted by Gasteiger charge is -2.14. The molecule has 0 aliphatic carbocycles. The fourth-order valence-electron chi connectivity index (χ4n) is 2.26. The van der Waals surface area contributed by atoms with E-state index in [1.165, 1.54) is 62.6 Å². The SMILES string of the molecule is COc1ccc(S(=O)(=O)N[C@@H](C)C(=O)OCCOc2ccc(S(N)(=O)=O)cc2)cc1. The number of nitrogens with two attached hydrogens (primary N) is 1. The number of carbonyl (C=O) groups excluding carboxylic acids is 1. The van der Waals surface area contributed by atoms with Crippen LogP contribution >= 0.6 is 0 Å². The van der Waals surface area contributed by atoms with Crippen LogP contribution in [0.2, 0.25) is 0 Å². The van der Waals surface area contributed by atoms with E-state index in [0.29, 0.717) is 11.5 Å². The molecule has 0 unspecified atom stereocenters. The fourth-order valence-corrected chi connectivity index (χ4v) is 3.96. The Morgan fingerprint density at radius 3 is 2.00 bits per heavy atom. The topological polar surface area (TPSA) is 151 Å². The summed E-state index contributed by atoms with van der Waals surface area (Å²) in [5, 5.41) is 5.00. The summed E-state index contributed by atoms with van der Waals surface area (Å²) in [4.78, 5) is 11.9. The molecule has 2 aromatic rings. The van der Waals surface area contributed by atoms with Gasteiger partial charge in [0.05, 0.1) is 16.9 Å². The molecule has 0 aromatic heterocycles. The van der Waals surface area contributed by atoms with E-state index in [1.807, 2.05) is 0 Å². The van der Waals surface area contributed by atoms with Crippen molar-refractivity contribution in [3.05, 3.63) is 48.5 Å². The zero-order valence-electron chi connectivity index (χ0n) is 16.3. The van der Waals surface area contributed by atoms with Crippen LogP contribution in [0.3, 0.4) is 0 Å². The monoisotopic (exact) mass is 458 g/mol. The quantitative estimate of drug-likeness (QED) is 0.389. The summed E-state index contributed by atoms with van der Waals surface area (Å²) in [5.74, 6) is 0.0765. The van der Waals surface area contributed by atoms with Gasteiger partial charge in [-0.3, -0.25) is 4.79 Å². The number of esters is 1. The van der Waals surface area contributed by atoms with Crippen molar-refractivity contribution >= 4 is 26.0 Å². The minimum Gasteiger partial charge on any atom is -0.497 e. The summed E-state index contributed by atoms with van der Waals surface area (Å²) in [6, 6.07) is 9.96. The Bertz CT molecular complexity index is 1070. The minimum absolute atomic E-state index is 0.0155. The third kappa shape index (κ3) is 6.69. The summed E-state index contributed by atoms with van der Waals surface area (Å²) >= 11 is 0. The summed E-state index contributed by atoms with van der Waals surface area (Å²) in [7, 11) is -6.25. The van der Waals surface area contributed by atoms with Crippen LogP contribution in [-0.4, -0.2) is 49.2 Å². The van der Waals surface area contributed by atoms with E-state index in [1.54, 1.807) is 0 Å². The van der Waals surface area contributed by atoms with E-state index in [2.05, 4.69) is 4.72 Å². The number of hydrogen-bond donors (Lipinski definition) is 2. The van der Waals surface area contributed by atoms with Crippen molar-refractivity contribution < 1.29 is 35.8 Å². The first-order valence-corrected chi connectivity index (χ1v) is 11.6. The number of benzene rings is 2. The molecule has 10 nitrogen and oxygen atoms in total. The van der Waals surface area contributed by atoms with Crippen LogP contribution in [0.1, 0.15) is 6.92 Å². The number of primary sulfonamides is 1. The van der Waals surface area contributed by atoms with Crippen LogP contribution in [-0.2, 0) is 29.6 Å². The molecule has 2 rings (SSSR count). The molecule has 3 N–H and O–H groups in total. The predicted octanol–water partition coefficient (Wildman–Crippen LogP) is 0.632. The highest BCUT2D eigenvalue weighted by molar-refractivity contribution is 7.89. The van der Waals surface area contributed by atoms with Crippen molar-refractivity contribution in [3.8, 4) is 11.5 Å². The second kappa shape index (κ2) is 9.89. The molecule has 0 radical (unpaired) electrons. The van der Waals surface area contributed by atoms with Crippen molar-refractivity contribution in [2.45, 2.75) is 22.8 Å². The lowest BCUT2D eigenvalue weighted by atomic mass is 10.3. The highest BCUT2D eigenvalue weighted by atomic mass is 32.2. The summed E-state index contributed by atoms with van der Waals surface area (Å²) in [6.45, 7) is 1.21. The lowest BCUT2D eigenvalue weighted by Crippen LogP contribution is -2.39. The number of rotatable bonds is 10. The Hall–Kier alpha value is -2.67. The van der Waals surface area contributed by atoms with Crippen molar-refractivity contribution in [2.24, 2.45) is 5.14 Å². The van der Waals surface area contributed by atoms with Gasteiger partial charge in [0.15, 0.2) is 0 Å². The molecule has 30 heavy (non-hydrogen) atoms. The summed E-state index contributed by atoms with van der Waals surface area (Å²) in [5.41, 5.74) is 0. The average molecular weight is 459 g/mol. The number of hydrogen-bond acceptors (Lipinski definition) is 8. The molecule has 2 aromatic carbocycles. The predicted molar refractivity (Wildman–Crippen MR) is 107 cm³/mol. The third-order valence-electron chi connectivity index (χ3n) is 3.80. The van der Waals surface area contributed by atoms with Gasteiger partial charge in [-0.05, 0) is 55.5 Å². The second-order valence-electron chi connectivity index (χ2n) is 6.05. The van der Waals surface area contributed by atoms with Crippen molar-refractivity contribution in [1.29, 1.82) is 0 Å². The molecule has 0 amide bonds. The van der Waals surface area contributed by atoms with Gasteiger partial charge in [-0.1, -0.05) is 0 Å². The normalized spacial score (nSPS) is 12.8. The van der Waals surface area contributed by atoms with Gasteiger partial charge in [-0.25, -0.2) is 22.0 Å². The largest absolute Gasteiger partial charge is 0.497 e. The Kier molecular flexibility index (Phi) is 7.78. The van der Waals surface area contributed by atoms with Crippen LogP contribution < -0.4 is 19.3 Å². The molecule has 12 heteroatoms. The molecular weight excluding hydrogens is 436 g/mol. The molecule has 0 bridgehead atoms. The first-order valence-electron chi connectivity index (χ1n) is 8.61. The fraction of sp³-hybridized carbons (Fsp3) is 0.278. The standard InChI is InChI=1S/C18H22N2O8S2/c1-13(20-30(24,25)17-9-3-14(26-2)4-10-17)18(21)28-12-11-27-15-5-7-16(8-6-15)29(19,22)23/h3-10,13,20H,11-12H2,1-2H3,(H2,19,22,23)/t13-/m0/s1. The molecule has 0 heterocycles. The van der Waals surface area contributed by atoms with Gasteiger partial charge in [0.25, 0.3) is 0 Å². The zero-order chi connectivity index (χ0) is 22.4. The number of nitrogens with one attached hydrogen (secondary N) is 1. The average Bonchev–Trinajstić information content (AvgIpc) is 2.70. The van der Waals surface area contributed by atoms with Gasteiger partial charge in [0.1, 0.15) is 30.8 Å². The van der Waals surface area contributed by atoms with Gasteiger partial charge in [0.2, 0.25) is 20.0 Å². The van der Waals surface area contributed by atoms with Crippen LogP contribution in [0.4, 0.5) is 0 Å². The van der Waals surface area contributed by atoms with E-state index in [-0.39, 0.29) is 23.0 Å². The Morgan fingerprint density at radius 1 is 0.933 bits per heavy atom. The van der Waals surface area contributed by atoms with Crippen LogP contribution in [0.25, 0.3) is 0 Å². The molecule has 0 saturated heterocycles. The highest BCUT2D eigenvalue weighted by Gasteiger charge is 2.23. The minimum atomic E-state index is -3.92. The highest BCUT2D eigenvalue weighted by Crippen LogP contribution is 2.16. The lowest BCUT2D eigenvalue weighted by molar-refractivity contribution is -0.145. The second-order valence-corrected chi connectivity index (χ2v) is 9.33. The number of carbonyl (C=O) groups is 1. The molecule has 0 aliphatic heterocycles. The molecule has 0 aliphatic rings. The molecule has 0 fully saturated rings. The summed E-state index contributed by atoms with van der Waals surface area (Å²) < 4.78 is 64.6. The first kappa shape index (κ1) is 23.6. The van der Waals surface area contributed by atoms with E-state index in [0.717, 1.165) is 0 Å². The van der Waals surface area contributed by atoms with Gasteiger partial charge in [0, 0.05) is 0 Å². The van der Waals surface area contributed by atoms with Crippen molar-refractivity contribution in [3.63, 3.8) is 0 Å². The molecule has 1 atom stereocenters. The maximum atomic E-state index is 12.3. The van der Waals surface area contributed by atoms with Crippen molar-refractivity contribution in [2.75, 3.05) is 20.3 Å². The maximum absolute atomic E-state index is 12.3. The van der Waals surface area contributed by atoms with Gasteiger partial charge in [-0.2, -0.15) is 4.72 Å². The Morgan fingerprint density at radius 2 is 1.47 bits per heavy atom. The smallest absolute Gasteiger partial charge is 0.324 e. The van der Waals surface area contributed by atoms with E-state index in [4.69, 9.17) is 19.3 Å².